The maximum atomic E-state index is 13.4. The fraction of sp³-hybridized carbons (Fsp3) is 0.235. The molecule has 0 saturated carbocycles. The van der Waals surface area contributed by atoms with Crippen LogP contribution in [0, 0.1) is 11.3 Å². The molecule has 2 rings (SSSR count). The molecule has 1 heterocycles. The van der Waals surface area contributed by atoms with E-state index >= 15 is 0 Å². The summed E-state index contributed by atoms with van der Waals surface area (Å²) < 4.78 is 96.5. The van der Waals surface area contributed by atoms with Crippen molar-refractivity contribution in [3.8, 4) is 17.5 Å². The van der Waals surface area contributed by atoms with E-state index in [9.17, 15) is 36.0 Å². The van der Waals surface area contributed by atoms with Crippen molar-refractivity contribution < 1.29 is 35.5 Å². The number of hydrogen-bond donors (Lipinski definition) is 0. The predicted octanol–water partition coefficient (Wildman–Crippen LogP) is 6.04. The lowest BCUT2D eigenvalue weighted by atomic mass is 10.1. The molecule has 0 unspecified atom stereocenters. The van der Waals surface area contributed by atoms with Crippen LogP contribution < -0.4 is 4.74 Å². The SMILES string of the molecule is CN(C)C=Nc1c(C(=C(F)F)C(F)(F)F)c(C#N)nn1-c1c(Cl)cc(OC(F)F)cc1Cl. The van der Waals surface area contributed by atoms with Gasteiger partial charge in [0.15, 0.2) is 11.5 Å². The van der Waals surface area contributed by atoms with Crippen molar-refractivity contribution in [1.29, 1.82) is 5.26 Å². The van der Waals surface area contributed by atoms with E-state index in [1.807, 2.05) is 0 Å². The van der Waals surface area contributed by atoms with Crippen molar-refractivity contribution >= 4 is 40.9 Å². The van der Waals surface area contributed by atoms with Crippen molar-refractivity contribution in [2.45, 2.75) is 12.8 Å². The molecular weight excluding hydrogens is 494 g/mol. The van der Waals surface area contributed by atoms with Crippen LogP contribution >= 0.6 is 23.2 Å². The molecule has 0 bridgehead atoms. The summed E-state index contributed by atoms with van der Waals surface area (Å²) in [5, 5.41) is 12.0. The monoisotopic (exact) mass is 503 g/mol. The second-order valence-electron chi connectivity index (χ2n) is 6.03. The number of benzene rings is 1. The largest absolute Gasteiger partial charge is 0.435 e. The van der Waals surface area contributed by atoms with Crippen molar-refractivity contribution in [2.24, 2.45) is 4.99 Å². The first-order chi connectivity index (χ1) is 14.8. The van der Waals surface area contributed by atoms with Gasteiger partial charge in [0, 0.05) is 26.2 Å². The summed E-state index contributed by atoms with van der Waals surface area (Å²) in [7, 11) is 2.86. The fourth-order valence-corrected chi connectivity index (χ4v) is 3.05. The lowest BCUT2D eigenvalue weighted by molar-refractivity contribution is -0.0711. The number of rotatable bonds is 6. The minimum Gasteiger partial charge on any atom is -0.435 e. The number of allylic oxidation sites excluding steroid dienone is 1. The molecule has 0 aliphatic heterocycles. The van der Waals surface area contributed by atoms with Crippen molar-refractivity contribution in [2.75, 3.05) is 14.1 Å². The third-order valence-corrected chi connectivity index (χ3v) is 4.10. The topological polar surface area (TPSA) is 66.4 Å². The fourth-order valence-electron chi connectivity index (χ4n) is 2.42. The summed E-state index contributed by atoms with van der Waals surface area (Å²) in [5.74, 6) is -1.35. The van der Waals surface area contributed by atoms with Gasteiger partial charge in [-0.2, -0.15) is 41.1 Å². The quantitative estimate of drug-likeness (QED) is 0.273. The Morgan fingerprint density at radius 2 is 1.81 bits per heavy atom. The van der Waals surface area contributed by atoms with E-state index in [4.69, 9.17) is 23.2 Å². The molecule has 0 aliphatic carbocycles. The summed E-state index contributed by atoms with van der Waals surface area (Å²) in [6, 6.07) is 2.99. The highest BCUT2D eigenvalue weighted by Gasteiger charge is 2.43. The first kappa shape index (κ1) is 25.3. The van der Waals surface area contributed by atoms with Crippen LogP contribution in [-0.4, -0.2) is 47.9 Å². The number of nitriles is 1. The van der Waals surface area contributed by atoms with E-state index in [2.05, 4.69) is 14.8 Å². The highest BCUT2D eigenvalue weighted by Crippen LogP contribution is 2.45. The van der Waals surface area contributed by atoms with Gasteiger partial charge in [0.25, 0.3) is 6.08 Å². The standard InChI is InChI=1S/C17H10Cl2F7N5O/c1-30(2)6-28-15-11(12(14(20)21)17(24,25)26)10(5-27)29-31(15)13-8(18)3-7(4-9(13)19)32-16(22)23/h3-4,6,16H,1-2H3. The zero-order valence-corrected chi connectivity index (χ0v) is 17.4. The molecule has 172 valence electrons. The smallest absolute Gasteiger partial charge is 0.422 e. The third-order valence-electron chi connectivity index (χ3n) is 3.53. The molecule has 15 heteroatoms. The Balaban J connectivity index is 2.94. The number of hydrogen-bond acceptors (Lipinski definition) is 4. The molecular formula is C17H10Cl2F7N5O. The van der Waals surface area contributed by atoms with Crippen molar-refractivity contribution in [1.82, 2.24) is 14.7 Å². The van der Waals surface area contributed by atoms with Crippen molar-refractivity contribution in [3.63, 3.8) is 0 Å². The van der Waals surface area contributed by atoms with Gasteiger partial charge in [-0.15, -0.1) is 0 Å². The average Bonchev–Trinajstić information content (AvgIpc) is 2.95. The van der Waals surface area contributed by atoms with Crippen LogP contribution in [0.5, 0.6) is 5.75 Å². The number of aromatic nitrogens is 2. The van der Waals surface area contributed by atoms with Crippen molar-refractivity contribution in [3.05, 3.63) is 39.5 Å². The maximum absolute atomic E-state index is 13.4. The Morgan fingerprint density at radius 1 is 1.25 bits per heavy atom. The number of nitrogens with zero attached hydrogens (tertiary/aromatic N) is 5. The molecule has 0 spiro atoms. The van der Waals surface area contributed by atoms with Gasteiger partial charge < -0.3 is 9.64 Å². The Bertz CT molecular complexity index is 1090. The summed E-state index contributed by atoms with van der Waals surface area (Å²) in [5.41, 5.74) is -5.23. The minimum absolute atomic E-state index is 0.413. The molecule has 2 aromatic rings. The number of alkyl halides is 5. The molecule has 0 N–H and O–H groups in total. The van der Waals surface area contributed by atoms with E-state index in [1.54, 1.807) is 0 Å². The normalized spacial score (nSPS) is 11.7. The molecule has 0 fully saturated rings. The lowest BCUT2D eigenvalue weighted by Crippen LogP contribution is -2.13. The van der Waals surface area contributed by atoms with Crippen LogP contribution in [0.1, 0.15) is 11.3 Å². The van der Waals surface area contributed by atoms with Crippen LogP contribution in [0.25, 0.3) is 11.3 Å². The van der Waals surface area contributed by atoms with Gasteiger partial charge in [0.1, 0.15) is 23.1 Å². The molecule has 0 atom stereocenters. The first-order valence-corrected chi connectivity index (χ1v) is 8.84. The van der Waals surface area contributed by atoms with Crippen LogP contribution in [0.2, 0.25) is 10.0 Å². The summed E-state index contributed by atoms with van der Waals surface area (Å²) in [6.45, 7) is -3.23. The van der Waals surface area contributed by atoms with E-state index in [0.717, 1.165) is 18.5 Å². The van der Waals surface area contributed by atoms with Gasteiger partial charge in [0.05, 0.1) is 21.9 Å². The molecule has 1 aromatic heterocycles. The Kier molecular flexibility index (Phi) is 7.63. The van der Waals surface area contributed by atoms with E-state index in [-0.39, 0.29) is 0 Å². The molecule has 0 aliphatic rings. The van der Waals surface area contributed by atoms with Gasteiger partial charge in [0.2, 0.25) is 0 Å². The Hall–Kier alpha value is -2.98. The average molecular weight is 504 g/mol. The molecule has 32 heavy (non-hydrogen) atoms. The predicted molar refractivity (Wildman–Crippen MR) is 102 cm³/mol. The van der Waals surface area contributed by atoms with E-state index < -0.39 is 63.0 Å². The Labute approximate surface area is 185 Å². The molecule has 0 saturated heterocycles. The zero-order chi connectivity index (χ0) is 24.4. The third kappa shape index (κ3) is 5.43. The number of ether oxygens (including phenoxy) is 1. The van der Waals surface area contributed by atoms with Gasteiger partial charge in [-0.25, -0.2) is 9.67 Å². The van der Waals surface area contributed by atoms with Crippen LogP contribution in [-0.2, 0) is 0 Å². The van der Waals surface area contributed by atoms with Gasteiger partial charge in [-0.1, -0.05) is 23.2 Å². The maximum Gasteiger partial charge on any atom is 0.422 e. The minimum atomic E-state index is -5.58. The second-order valence-corrected chi connectivity index (χ2v) is 6.84. The number of halogens is 9. The van der Waals surface area contributed by atoms with Crippen LogP contribution in [0.3, 0.4) is 0 Å². The highest BCUT2D eigenvalue weighted by atomic mass is 35.5. The van der Waals surface area contributed by atoms with Gasteiger partial charge in [-0.3, -0.25) is 0 Å². The second kappa shape index (κ2) is 9.66. The van der Waals surface area contributed by atoms with E-state index in [0.29, 0.717) is 4.68 Å². The highest BCUT2D eigenvalue weighted by molar-refractivity contribution is 6.38. The molecule has 0 radical (unpaired) electrons. The van der Waals surface area contributed by atoms with Crippen LogP contribution in [0.15, 0.2) is 23.2 Å². The summed E-state index contributed by atoms with van der Waals surface area (Å²) >= 11 is 12.1. The zero-order valence-electron chi connectivity index (χ0n) is 15.9. The van der Waals surface area contributed by atoms with Crippen LogP contribution in [0.4, 0.5) is 36.6 Å². The summed E-state index contributed by atoms with van der Waals surface area (Å²) in [4.78, 5) is 5.00. The number of aliphatic imine (C=N–C) groups is 1. The first-order valence-electron chi connectivity index (χ1n) is 8.08. The van der Waals surface area contributed by atoms with Gasteiger partial charge in [-0.05, 0) is 0 Å². The Morgan fingerprint density at radius 3 is 2.22 bits per heavy atom. The molecule has 6 nitrogen and oxygen atoms in total. The molecule has 0 amide bonds. The molecule has 1 aromatic carbocycles. The summed E-state index contributed by atoms with van der Waals surface area (Å²) in [6.07, 6.45) is -7.76. The lowest BCUT2D eigenvalue weighted by Gasteiger charge is -2.14. The van der Waals surface area contributed by atoms with E-state index in [1.165, 1.54) is 25.1 Å². The van der Waals surface area contributed by atoms with Gasteiger partial charge >= 0.3 is 12.8 Å².